The lowest BCUT2D eigenvalue weighted by atomic mass is 10.2. The number of benzene rings is 2. The summed E-state index contributed by atoms with van der Waals surface area (Å²) in [6.45, 7) is 2.42. The number of nitrogens with one attached hydrogen (secondary N) is 1. The number of furan rings is 1. The standard InChI is InChI=1S/C22H20ClFN2O3/c23-19-12-17(25-22(27)21-2-1-11-28-21)7-8-20(19)29-18-9-10-26(14-18)13-15-3-5-16(24)6-4-15/h1-8,11-12,18H,9-10,13-14H2,(H,25,27). The summed E-state index contributed by atoms with van der Waals surface area (Å²) in [5.41, 5.74) is 1.63. The summed E-state index contributed by atoms with van der Waals surface area (Å²) in [6.07, 6.45) is 2.35. The first-order valence-electron chi connectivity index (χ1n) is 9.35. The highest BCUT2D eigenvalue weighted by Gasteiger charge is 2.24. The monoisotopic (exact) mass is 414 g/mol. The Morgan fingerprint density at radius 3 is 2.79 bits per heavy atom. The molecule has 1 fully saturated rings. The van der Waals surface area contributed by atoms with Crippen LogP contribution in [0.1, 0.15) is 22.5 Å². The van der Waals surface area contributed by atoms with E-state index < -0.39 is 0 Å². The molecule has 0 saturated carbocycles. The molecule has 0 aliphatic carbocycles. The van der Waals surface area contributed by atoms with Crippen LogP contribution in [0.15, 0.2) is 65.3 Å². The summed E-state index contributed by atoms with van der Waals surface area (Å²) in [5.74, 6) is 0.242. The zero-order valence-electron chi connectivity index (χ0n) is 15.6. The van der Waals surface area contributed by atoms with Gasteiger partial charge in [-0.05, 0) is 54.4 Å². The molecule has 7 heteroatoms. The van der Waals surface area contributed by atoms with Gasteiger partial charge in [-0.25, -0.2) is 4.39 Å². The van der Waals surface area contributed by atoms with Crippen molar-refractivity contribution in [3.05, 3.63) is 83.0 Å². The van der Waals surface area contributed by atoms with Crippen molar-refractivity contribution in [2.24, 2.45) is 0 Å². The molecule has 1 unspecified atom stereocenters. The average Bonchev–Trinajstić information content (AvgIpc) is 3.38. The van der Waals surface area contributed by atoms with Crippen molar-refractivity contribution < 1.29 is 18.3 Å². The van der Waals surface area contributed by atoms with E-state index in [1.165, 1.54) is 18.4 Å². The van der Waals surface area contributed by atoms with Crippen LogP contribution in [-0.4, -0.2) is 30.0 Å². The van der Waals surface area contributed by atoms with E-state index in [1.807, 2.05) is 0 Å². The van der Waals surface area contributed by atoms with E-state index in [4.69, 9.17) is 20.8 Å². The molecule has 0 radical (unpaired) electrons. The molecule has 1 N–H and O–H groups in total. The third-order valence-corrected chi connectivity index (χ3v) is 5.07. The molecule has 2 heterocycles. The number of hydrogen-bond acceptors (Lipinski definition) is 4. The fraction of sp³-hybridized carbons (Fsp3) is 0.227. The van der Waals surface area contributed by atoms with Crippen molar-refractivity contribution >= 4 is 23.2 Å². The molecule has 0 spiro atoms. The van der Waals surface area contributed by atoms with Crippen LogP contribution in [-0.2, 0) is 6.54 Å². The minimum absolute atomic E-state index is 0.0245. The van der Waals surface area contributed by atoms with Gasteiger partial charge in [-0.3, -0.25) is 9.69 Å². The summed E-state index contributed by atoms with van der Waals surface area (Å²) in [5, 5.41) is 3.17. The van der Waals surface area contributed by atoms with Crippen LogP contribution in [0, 0.1) is 5.82 Å². The van der Waals surface area contributed by atoms with Gasteiger partial charge in [0.05, 0.1) is 11.3 Å². The third-order valence-electron chi connectivity index (χ3n) is 4.78. The van der Waals surface area contributed by atoms with Crippen LogP contribution in [0.25, 0.3) is 0 Å². The van der Waals surface area contributed by atoms with Crippen LogP contribution in [0.4, 0.5) is 10.1 Å². The van der Waals surface area contributed by atoms with Crippen molar-refractivity contribution in [3.63, 3.8) is 0 Å². The molecular formula is C22H20ClFN2O3. The maximum Gasteiger partial charge on any atom is 0.291 e. The maximum absolute atomic E-state index is 13.0. The Bertz CT molecular complexity index is 976. The van der Waals surface area contributed by atoms with Gasteiger partial charge in [-0.1, -0.05) is 23.7 Å². The van der Waals surface area contributed by atoms with E-state index in [2.05, 4.69) is 10.2 Å². The molecule has 1 aliphatic heterocycles. The van der Waals surface area contributed by atoms with Crippen molar-refractivity contribution in [3.8, 4) is 5.75 Å². The molecule has 29 heavy (non-hydrogen) atoms. The first-order chi connectivity index (χ1) is 14.1. The minimum atomic E-state index is -0.341. The smallest absolute Gasteiger partial charge is 0.291 e. The molecule has 1 amide bonds. The van der Waals surface area contributed by atoms with E-state index in [1.54, 1.807) is 42.5 Å². The average molecular weight is 415 g/mol. The highest BCUT2D eigenvalue weighted by Crippen LogP contribution is 2.30. The highest BCUT2D eigenvalue weighted by atomic mass is 35.5. The molecular weight excluding hydrogens is 395 g/mol. The number of ether oxygens (including phenoxy) is 1. The van der Waals surface area contributed by atoms with E-state index >= 15 is 0 Å². The number of carbonyl (C=O) groups is 1. The number of hydrogen-bond donors (Lipinski definition) is 1. The zero-order valence-corrected chi connectivity index (χ0v) is 16.4. The molecule has 1 aromatic heterocycles. The predicted molar refractivity (Wildman–Crippen MR) is 109 cm³/mol. The van der Waals surface area contributed by atoms with Crippen molar-refractivity contribution in [2.45, 2.75) is 19.1 Å². The van der Waals surface area contributed by atoms with Gasteiger partial charge in [0.25, 0.3) is 5.91 Å². The van der Waals surface area contributed by atoms with Gasteiger partial charge in [0.15, 0.2) is 5.76 Å². The summed E-state index contributed by atoms with van der Waals surface area (Å²) >= 11 is 6.35. The van der Waals surface area contributed by atoms with Gasteiger partial charge < -0.3 is 14.5 Å². The molecule has 150 valence electrons. The molecule has 4 rings (SSSR count). The minimum Gasteiger partial charge on any atom is -0.487 e. The number of nitrogens with zero attached hydrogens (tertiary/aromatic N) is 1. The molecule has 1 atom stereocenters. The van der Waals surface area contributed by atoms with Gasteiger partial charge in [0.2, 0.25) is 0 Å². The Kier molecular flexibility index (Phi) is 5.83. The lowest BCUT2D eigenvalue weighted by molar-refractivity contribution is 0.0996. The van der Waals surface area contributed by atoms with Crippen LogP contribution in [0.5, 0.6) is 5.75 Å². The Hall–Kier alpha value is -2.83. The van der Waals surface area contributed by atoms with Crippen molar-refractivity contribution in [1.29, 1.82) is 0 Å². The Labute approximate surface area is 173 Å². The van der Waals surface area contributed by atoms with Gasteiger partial charge in [-0.2, -0.15) is 0 Å². The van der Waals surface area contributed by atoms with Crippen LogP contribution in [0.3, 0.4) is 0 Å². The van der Waals surface area contributed by atoms with Crippen LogP contribution >= 0.6 is 11.6 Å². The SMILES string of the molecule is O=C(Nc1ccc(OC2CCN(Cc3ccc(F)cc3)C2)c(Cl)c1)c1ccco1. The summed E-state index contributed by atoms with van der Waals surface area (Å²) < 4.78 is 24.2. The van der Waals surface area contributed by atoms with Gasteiger partial charge in [0.1, 0.15) is 17.7 Å². The number of halogens is 2. The highest BCUT2D eigenvalue weighted by molar-refractivity contribution is 6.32. The number of likely N-dealkylation sites (tertiary alicyclic amines) is 1. The van der Waals surface area contributed by atoms with Crippen molar-refractivity contribution in [2.75, 3.05) is 18.4 Å². The van der Waals surface area contributed by atoms with Gasteiger partial charge in [0, 0.05) is 25.3 Å². The molecule has 0 bridgehead atoms. The first-order valence-corrected chi connectivity index (χ1v) is 9.72. The number of carbonyl (C=O) groups excluding carboxylic acids is 1. The van der Waals surface area contributed by atoms with Gasteiger partial charge in [-0.15, -0.1) is 0 Å². The predicted octanol–water partition coefficient (Wildman–Crippen LogP) is 4.98. The number of anilines is 1. The van der Waals surface area contributed by atoms with E-state index in [-0.39, 0.29) is 23.6 Å². The molecule has 5 nitrogen and oxygen atoms in total. The largest absolute Gasteiger partial charge is 0.487 e. The second-order valence-electron chi connectivity index (χ2n) is 6.97. The quantitative estimate of drug-likeness (QED) is 0.618. The molecule has 1 aliphatic rings. The number of rotatable bonds is 6. The summed E-state index contributed by atoms with van der Waals surface area (Å²) in [6, 6.07) is 15.0. The Morgan fingerprint density at radius 1 is 1.24 bits per heavy atom. The Balaban J connectivity index is 1.32. The lowest BCUT2D eigenvalue weighted by Gasteiger charge is -2.18. The van der Waals surface area contributed by atoms with E-state index in [9.17, 15) is 9.18 Å². The lowest BCUT2D eigenvalue weighted by Crippen LogP contribution is -2.24. The van der Waals surface area contributed by atoms with Gasteiger partial charge >= 0.3 is 0 Å². The van der Waals surface area contributed by atoms with Crippen molar-refractivity contribution in [1.82, 2.24) is 4.90 Å². The van der Waals surface area contributed by atoms with Crippen LogP contribution in [0.2, 0.25) is 5.02 Å². The fourth-order valence-electron chi connectivity index (χ4n) is 3.34. The third kappa shape index (κ3) is 4.96. The van der Waals surface area contributed by atoms with Crippen LogP contribution < -0.4 is 10.1 Å². The normalized spacial score (nSPS) is 16.7. The zero-order chi connectivity index (χ0) is 20.2. The first kappa shape index (κ1) is 19.5. The molecule has 3 aromatic rings. The number of amides is 1. The maximum atomic E-state index is 13.0. The Morgan fingerprint density at radius 2 is 2.07 bits per heavy atom. The van der Waals surface area contributed by atoms with E-state index in [0.717, 1.165) is 31.6 Å². The molecule has 2 aromatic carbocycles. The van der Waals surface area contributed by atoms with E-state index in [0.29, 0.717) is 16.5 Å². The summed E-state index contributed by atoms with van der Waals surface area (Å²) in [4.78, 5) is 14.3. The fourth-order valence-corrected chi connectivity index (χ4v) is 3.56. The molecule has 1 saturated heterocycles. The second kappa shape index (κ2) is 8.68. The summed E-state index contributed by atoms with van der Waals surface area (Å²) in [7, 11) is 0. The topological polar surface area (TPSA) is 54.7 Å². The second-order valence-corrected chi connectivity index (χ2v) is 7.37.